The predicted octanol–water partition coefficient (Wildman–Crippen LogP) is 2.54. The van der Waals surface area contributed by atoms with Crippen molar-refractivity contribution >= 4 is 0 Å². The van der Waals surface area contributed by atoms with Crippen molar-refractivity contribution in [2.45, 2.75) is 38.6 Å². The molecule has 15 heavy (non-hydrogen) atoms. The Morgan fingerprint density at radius 2 is 1.93 bits per heavy atom. The minimum Gasteiger partial charge on any atom is -0.313 e. The van der Waals surface area contributed by atoms with E-state index in [1.54, 1.807) is 11.1 Å². The van der Waals surface area contributed by atoms with Crippen molar-refractivity contribution in [1.82, 2.24) is 5.32 Å². The third-order valence-electron chi connectivity index (χ3n) is 4.36. The van der Waals surface area contributed by atoms with Crippen molar-refractivity contribution in [3.8, 4) is 0 Å². The third-order valence-corrected chi connectivity index (χ3v) is 4.36. The second kappa shape index (κ2) is 3.34. The summed E-state index contributed by atoms with van der Waals surface area (Å²) in [6, 6.07) is 9.73. The van der Waals surface area contributed by atoms with Crippen LogP contribution in [0.1, 0.15) is 30.9 Å². The highest BCUT2D eigenvalue weighted by atomic mass is 15.0. The summed E-state index contributed by atoms with van der Waals surface area (Å²) in [6.07, 6.45) is 5.23. The van der Waals surface area contributed by atoms with Gasteiger partial charge in [-0.25, -0.2) is 0 Å². The molecule has 0 aromatic heterocycles. The Hall–Kier alpha value is -0.820. The van der Waals surface area contributed by atoms with Crippen LogP contribution >= 0.6 is 0 Å². The monoisotopic (exact) mass is 201 g/mol. The van der Waals surface area contributed by atoms with Crippen LogP contribution in [0.15, 0.2) is 24.3 Å². The lowest BCUT2D eigenvalue weighted by molar-refractivity contribution is 0.257. The Bertz CT molecular complexity index is 344. The predicted molar refractivity (Wildman–Crippen MR) is 63.0 cm³/mol. The number of hydrogen-bond acceptors (Lipinski definition) is 1. The van der Waals surface area contributed by atoms with Crippen LogP contribution in [0.3, 0.4) is 0 Å². The number of benzene rings is 1. The number of nitrogens with one attached hydrogen (secondary N) is 1. The highest BCUT2D eigenvalue weighted by Crippen LogP contribution is 2.45. The largest absolute Gasteiger partial charge is 0.313 e. The van der Waals surface area contributed by atoms with Gasteiger partial charge >= 0.3 is 0 Å². The van der Waals surface area contributed by atoms with E-state index in [1.807, 2.05) is 0 Å². The molecular formula is C14H19N. The Morgan fingerprint density at radius 3 is 2.53 bits per heavy atom. The number of fused-ring (bicyclic) bond motifs is 1. The van der Waals surface area contributed by atoms with Crippen molar-refractivity contribution < 1.29 is 0 Å². The quantitative estimate of drug-likeness (QED) is 0.736. The number of rotatable bonds is 1. The normalized spacial score (nSPS) is 27.1. The summed E-state index contributed by atoms with van der Waals surface area (Å²) in [5.41, 5.74) is 3.75. The molecule has 1 N–H and O–H groups in total. The van der Waals surface area contributed by atoms with Crippen LogP contribution in [0.4, 0.5) is 0 Å². The molecule has 1 atom stereocenters. The molecule has 0 saturated carbocycles. The molecule has 1 heterocycles. The minimum atomic E-state index is 0.554. The van der Waals surface area contributed by atoms with E-state index >= 15 is 0 Å². The van der Waals surface area contributed by atoms with E-state index in [1.165, 1.54) is 32.2 Å². The molecule has 1 heteroatoms. The maximum atomic E-state index is 3.67. The van der Waals surface area contributed by atoms with Gasteiger partial charge in [0.15, 0.2) is 0 Å². The maximum Gasteiger partial charge on any atom is 0.0128 e. The molecule has 1 aromatic rings. The molecule has 1 fully saturated rings. The molecule has 1 aliphatic heterocycles. The lowest BCUT2D eigenvalue weighted by Gasteiger charge is -2.29. The Balaban J connectivity index is 1.94. The maximum absolute atomic E-state index is 3.67. The van der Waals surface area contributed by atoms with Gasteiger partial charge in [0.1, 0.15) is 0 Å². The highest BCUT2D eigenvalue weighted by Gasteiger charge is 2.45. The van der Waals surface area contributed by atoms with Gasteiger partial charge in [-0.3, -0.25) is 0 Å². The van der Waals surface area contributed by atoms with Gasteiger partial charge in [0.2, 0.25) is 0 Å². The molecule has 1 saturated heterocycles. The van der Waals surface area contributed by atoms with Crippen molar-refractivity contribution in [2.75, 3.05) is 6.54 Å². The lowest BCUT2D eigenvalue weighted by Crippen LogP contribution is -2.36. The van der Waals surface area contributed by atoms with E-state index in [0.717, 1.165) is 6.04 Å². The average Bonchev–Trinajstić information content (AvgIpc) is 2.81. The Kier molecular flexibility index (Phi) is 2.10. The second-order valence-corrected chi connectivity index (χ2v) is 5.15. The zero-order valence-corrected chi connectivity index (χ0v) is 9.42. The average molecular weight is 201 g/mol. The van der Waals surface area contributed by atoms with Crippen LogP contribution < -0.4 is 5.32 Å². The van der Waals surface area contributed by atoms with Gasteiger partial charge in [-0.15, -0.1) is 0 Å². The zero-order valence-electron chi connectivity index (χ0n) is 9.42. The van der Waals surface area contributed by atoms with E-state index in [0.29, 0.717) is 5.41 Å². The first-order valence-electron chi connectivity index (χ1n) is 6.14. The summed E-state index contributed by atoms with van der Waals surface area (Å²) in [5.74, 6) is 0. The van der Waals surface area contributed by atoms with Gasteiger partial charge < -0.3 is 5.32 Å². The first-order chi connectivity index (χ1) is 7.34. The molecule has 0 radical (unpaired) electrons. The fourth-order valence-corrected chi connectivity index (χ4v) is 3.61. The summed E-state index contributed by atoms with van der Waals surface area (Å²) in [4.78, 5) is 0. The van der Waals surface area contributed by atoms with Gasteiger partial charge in [0, 0.05) is 6.04 Å². The molecule has 2 aliphatic rings. The Morgan fingerprint density at radius 1 is 1.27 bits per heavy atom. The van der Waals surface area contributed by atoms with Crippen molar-refractivity contribution in [3.05, 3.63) is 35.4 Å². The summed E-state index contributed by atoms with van der Waals surface area (Å²) in [6.45, 7) is 3.53. The van der Waals surface area contributed by atoms with Crippen LogP contribution in [-0.4, -0.2) is 12.6 Å². The highest BCUT2D eigenvalue weighted by molar-refractivity contribution is 5.35. The van der Waals surface area contributed by atoms with E-state index in [2.05, 4.69) is 36.5 Å². The topological polar surface area (TPSA) is 12.0 Å². The van der Waals surface area contributed by atoms with Gasteiger partial charge in [-0.05, 0) is 48.8 Å². The smallest absolute Gasteiger partial charge is 0.0128 e. The first-order valence-corrected chi connectivity index (χ1v) is 6.14. The van der Waals surface area contributed by atoms with E-state index in [-0.39, 0.29) is 0 Å². The zero-order chi connectivity index (χ0) is 10.3. The minimum absolute atomic E-state index is 0.554. The standard InChI is InChI=1S/C14H19N/c1-2-13-14(7-8-15-13)9-11-5-3-4-6-12(11)10-14/h3-6,13,15H,2,7-10H2,1H3. The van der Waals surface area contributed by atoms with Crippen molar-refractivity contribution in [3.63, 3.8) is 0 Å². The molecular weight excluding hydrogens is 182 g/mol. The fraction of sp³-hybridized carbons (Fsp3) is 0.571. The molecule has 0 bridgehead atoms. The first kappa shape index (κ1) is 9.41. The molecule has 1 aliphatic carbocycles. The third kappa shape index (κ3) is 1.33. The molecule has 1 unspecified atom stereocenters. The van der Waals surface area contributed by atoms with Gasteiger partial charge in [-0.1, -0.05) is 31.2 Å². The second-order valence-electron chi connectivity index (χ2n) is 5.15. The van der Waals surface area contributed by atoms with Crippen LogP contribution in [0, 0.1) is 5.41 Å². The fourth-order valence-electron chi connectivity index (χ4n) is 3.61. The van der Waals surface area contributed by atoms with E-state index in [4.69, 9.17) is 0 Å². The molecule has 80 valence electrons. The van der Waals surface area contributed by atoms with Crippen molar-refractivity contribution in [1.29, 1.82) is 0 Å². The van der Waals surface area contributed by atoms with E-state index < -0.39 is 0 Å². The van der Waals surface area contributed by atoms with Crippen LogP contribution in [0.2, 0.25) is 0 Å². The molecule has 1 nitrogen and oxygen atoms in total. The Labute approximate surface area is 91.9 Å². The van der Waals surface area contributed by atoms with Crippen LogP contribution in [0.5, 0.6) is 0 Å². The van der Waals surface area contributed by atoms with Crippen LogP contribution in [0.25, 0.3) is 0 Å². The van der Waals surface area contributed by atoms with Gasteiger partial charge in [0.25, 0.3) is 0 Å². The van der Waals surface area contributed by atoms with E-state index in [9.17, 15) is 0 Å². The van der Waals surface area contributed by atoms with Gasteiger partial charge in [0.05, 0.1) is 0 Å². The van der Waals surface area contributed by atoms with Gasteiger partial charge in [-0.2, -0.15) is 0 Å². The molecule has 1 aromatic carbocycles. The lowest BCUT2D eigenvalue weighted by atomic mass is 9.77. The summed E-state index contributed by atoms with van der Waals surface area (Å²) >= 11 is 0. The van der Waals surface area contributed by atoms with Crippen LogP contribution in [-0.2, 0) is 12.8 Å². The SMILES string of the molecule is CCC1NCCC12Cc1ccccc1C2. The molecule has 3 rings (SSSR count). The summed E-state index contributed by atoms with van der Waals surface area (Å²) in [5, 5.41) is 3.67. The van der Waals surface area contributed by atoms with Crippen molar-refractivity contribution in [2.24, 2.45) is 5.41 Å². The number of hydrogen-bond donors (Lipinski definition) is 1. The summed E-state index contributed by atoms with van der Waals surface area (Å²) < 4.78 is 0. The molecule has 1 spiro atoms. The molecule has 0 amide bonds. The summed E-state index contributed by atoms with van der Waals surface area (Å²) in [7, 11) is 0.